The van der Waals surface area contributed by atoms with E-state index >= 15 is 0 Å². The van der Waals surface area contributed by atoms with Crippen LogP contribution in [0, 0.1) is 0 Å². The lowest BCUT2D eigenvalue weighted by Gasteiger charge is -2.41. The Bertz CT molecular complexity index is 399. The third-order valence-electron chi connectivity index (χ3n) is 3.69. The van der Waals surface area contributed by atoms with E-state index in [2.05, 4.69) is 11.8 Å². The number of likely N-dealkylation sites (N-methyl/N-ethyl adjacent to an activating group) is 1. The molecule has 2 nitrogen and oxygen atoms in total. The van der Waals surface area contributed by atoms with Gasteiger partial charge in [0.25, 0.3) is 0 Å². The molecule has 0 saturated heterocycles. The van der Waals surface area contributed by atoms with Crippen LogP contribution in [0.3, 0.4) is 0 Å². The highest BCUT2D eigenvalue weighted by Crippen LogP contribution is 2.31. The summed E-state index contributed by atoms with van der Waals surface area (Å²) in [4.78, 5) is 14.5. The van der Waals surface area contributed by atoms with Crippen LogP contribution < -0.4 is 0 Å². The van der Waals surface area contributed by atoms with E-state index in [-0.39, 0.29) is 11.3 Å². The van der Waals surface area contributed by atoms with E-state index in [1.165, 1.54) is 0 Å². The number of carbonyl (C=O) groups excluding carboxylic acids is 1. The third-order valence-corrected chi connectivity index (χ3v) is 3.69. The molecule has 0 saturated carbocycles. The molecule has 2 heteroatoms. The molecule has 2 rings (SSSR count). The number of fused-ring (bicyclic) bond motifs is 1. The molecule has 0 N–H and O–H groups in total. The summed E-state index contributed by atoms with van der Waals surface area (Å²) in [6.45, 7) is 4.97. The zero-order chi connectivity index (χ0) is 11.1. The van der Waals surface area contributed by atoms with Crippen molar-refractivity contribution in [2.75, 3.05) is 7.05 Å². The second kappa shape index (κ2) is 3.46. The van der Waals surface area contributed by atoms with Crippen LogP contribution in [0.15, 0.2) is 24.3 Å². The van der Waals surface area contributed by atoms with Crippen molar-refractivity contribution in [3.05, 3.63) is 35.4 Å². The monoisotopic (exact) mass is 203 g/mol. The summed E-state index contributed by atoms with van der Waals surface area (Å²) < 4.78 is 0. The molecule has 1 aliphatic rings. The van der Waals surface area contributed by atoms with Crippen molar-refractivity contribution in [3.63, 3.8) is 0 Å². The highest BCUT2D eigenvalue weighted by atomic mass is 16.1. The molecule has 0 aromatic heterocycles. The smallest absolute Gasteiger partial charge is 0.183 e. The average molecular weight is 203 g/mol. The van der Waals surface area contributed by atoms with Gasteiger partial charge >= 0.3 is 0 Å². The molecule has 1 heterocycles. The predicted molar refractivity (Wildman–Crippen MR) is 60.9 cm³/mol. The van der Waals surface area contributed by atoms with Crippen molar-refractivity contribution in [2.24, 2.45) is 0 Å². The van der Waals surface area contributed by atoms with E-state index in [0.717, 1.165) is 24.1 Å². The van der Waals surface area contributed by atoms with Crippen molar-refractivity contribution in [1.82, 2.24) is 4.90 Å². The molecule has 0 radical (unpaired) electrons. The summed E-state index contributed by atoms with van der Waals surface area (Å²) in [5.41, 5.74) is 1.73. The molecular weight excluding hydrogens is 186 g/mol. The largest absolute Gasteiger partial charge is 0.292 e. The fourth-order valence-corrected chi connectivity index (χ4v) is 2.20. The van der Waals surface area contributed by atoms with Crippen LogP contribution in [-0.2, 0) is 6.54 Å². The molecule has 1 aliphatic heterocycles. The van der Waals surface area contributed by atoms with Gasteiger partial charge < -0.3 is 0 Å². The summed E-state index contributed by atoms with van der Waals surface area (Å²) in [5, 5.41) is 0. The molecule has 1 atom stereocenters. The number of Topliss-reactive ketones (excluding diaryl/α,β-unsaturated/α-hetero) is 1. The first-order valence-corrected chi connectivity index (χ1v) is 5.43. The van der Waals surface area contributed by atoms with Gasteiger partial charge in [-0.1, -0.05) is 31.2 Å². The van der Waals surface area contributed by atoms with Gasteiger partial charge in [0.05, 0.1) is 5.54 Å². The van der Waals surface area contributed by atoms with E-state index in [0.29, 0.717) is 0 Å². The summed E-state index contributed by atoms with van der Waals surface area (Å²) >= 11 is 0. The molecule has 1 aromatic rings. The lowest BCUT2D eigenvalue weighted by molar-refractivity contribution is 0.0587. The number of benzene rings is 1. The molecule has 1 aromatic carbocycles. The van der Waals surface area contributed by atoms with Gasteiger partial charge in [-0.25, -0.2) is 0 Å². The van der Waals surface area contributed by atoms with Gasteiger partial charge in [0.1, 0.15) is 0 Å². The average Bonchev–Trinajstić information content (AvgIpc) is 2.26. The highest BCUT2D eigenvalue weighted by molar-refractivity contribution is 6.04. The maximum atomic E-state index is 12.3. The zero-order valence-corrected chi connectivity index (χ0v) is 9.58. The Labute approximate surface area is 90.9 Å². The first kappa shape index (κ1) is 10.4. The minimum absolute atomic E-state index is 0.259. The minimum atomic E-state index is -0.325. The molecule has 0 spiro atoms. The first-order chi connectivity index (χ1) is 7.09. The number of carbonyl (C=O) groups is 1. The van der Waals surface area contributed by atoms with Crippen LogP contribution in [0.5, 0.6) is 0 Å². The van der Waals surface area contributed by atoms with E-state index in [4.69, 9.17) is 0 Å². The Hall–Kier alpha value is -1.15. The van der Waals surface area contributed by atoms with Crippen LogP contribution in [0.2, 0.25) is 0 Å². The van der Waals surface area contributed by atoms with Gasteiger partial charge in [0, 0.05) is 12.1 Å². The number of hydrogen-bond donors (Lipinski definition) is 0. The Balaban J connectivity index is 2.52. The van der Waals surface area contributed by atoms with Crippen molar-refractivity contribution in [2.45, 2.75) is 32.4 Å². The molecule has 15 heavy (non-hydrogen) atoms. The molecule has 0 bridgehead atoms. The summed E-state index contributed by atoms with van der Waals surface area (Å²) in [6.07, 6.45) is 0.858. The van der Waals surface area contributed by atoms with E-state index in [9.17, 15) is 4.79 Å². The van der Waals surface area contributed by atoms with Gasteiger partial charge in [-0.2, -0.15) is 0 Å². The van der Waals surface area contributed by atoms with Crippen LogP contribution >= 0.6 is 0 Å². The fraction of sp³-hybridized carbons (Fsp3) is 0.462. The van der Waals surface area contributed by atoms with Gasteiger partial charge in [0.2, 0.25) is 0 Å². The molecule has 0 fully saturated rings. The first-order valence-electron chi connectivity index (χ1n) is 5.43. The second-order valence-electron chi connectivity index (χ2n) is 4.47. The van der Waals surface area contributed by atoms with Crippen molar-refractivity contribution in [3.8, 4) is 0 Å². The highest BCUT2D eigenvalue weighted by Gasteiger charge is 2.40. The van der Waals surface area contributed by atoms with Gasteiger partial charge in [-0.3, -0.25) is 9.69 Å². The Morgan fingerprint density at radius 2 is 2.07 bits per heavy atom. The lowest BCUT2D eigenvalue weighted by Crippen LogP contribution is -2.52. The SMILES string of the molecule is CCC1(C)C(=O)c2ccccc2CN1C. The maximum Gasteiger partial charge on any atom is 0.183 e. The summed E-state index contributed by atoms with van der Waals surface area (Å²) in [6, 6.07) is 7.92. The quantitative estimate of drug-likeness (QED) is 0.699. The van der Waals surface area contributed by atoms with Crippen molar-refractivity contribution in [1.29, 1.82) is 0 Å². The van der Waals surface area contributed by atoms with Gasteiger partial charge in [-0.15, -0.1) is 0 Å². The zero-order valence-electron chi connectivity index (χ0n) is 9.58. The summed E-state index contributed by atoms with van der Waals surface area (Å²) in [7, 11) is 2.03. The normalized spacial score (nSPS) is 26.5. The van der Waals surface area contributed by atoms with Crippen molar-refractivity contribution >= 4 is 5.78 Å². The minimum Gasteiger partial charge on any atom is -0.292 e. The van der Waals surface area contributed by atoms with E-state index in [1.807, 2.05) is 38.2 Å². The molecule has 0 amide bonds. The van der Waals surface area contributed by atoms with Crippen LogP contribution in [0.25, 0.3) is 0 Å². The number of rotatable bonds is 1. The van der Waals surface area contributed by atoms with Gasteiger partial charge in [0.15, 0.2) is 5.78 Å². The fourth-order valence-electron chi connectivity index (χ4n) is 2.20. The van der Waals surface area contributed by atoms with Crippen LogP contribution in [0.4, 0.5) is 0 Å². The Kier molecular flexibility index (Phi) is 2.39. The number of hydrogen-bond acceptors (Lipinski definition) is 2. The Morgan fingerprint density at radius 1 is 1.40 bits per heavy atom. The molecular formula is C13H17NO. The number of ketones is 1. The molecule has 80 valence electrons. The third kappa shape index (κ3) is 1.40. The van der Waals surface area contributed by atoms with E-state index in [1.54, 1.807) is 0 Å². The van der Waals surface area contributed by atoms with Crippen molar-refractivity contribution < 1.29 is 4.79 Å². The van der Waals surface area contributed by atoms with E-state index < -0.39 is 0 Å². The maximum absolute atomic E-state index is 12.3. The lowest BCUT2D eigenvalue weighted by atomic mass is 9.81. The molecule has 1 unspecified atom stereocenters. The Morgan fingerprint density at radius 3 is 2.73 bits per heavy atom. The van der Waals surface area contributed by atoms with Crippen LogP contribution in [-0.4, -0.2) is 23.3 Å². The second-order valence-corrected chi connectivity index (χ2v) is 4.47. The van der Waals surface area contributed by atoms with Crippen LogP contribution in [0.1, 0.15) is 36.2 Å². The predicted octanol–water partition coefficient (Wildman–Crippen LogP) is 2.48. The standard InChI is InChI=1S/C13H17NO/c1-4-13(2)12(15)11-8-6-5-7-10(11)9-14(13)3/h5-8H,4,9H2,1-3H3. The molecule has 0 aliphatic carbocycles. The van der Waals surface area contributed by atoms with Gasteiger partial charge in [-0.05, 0) is 26.0 Å². The topological polar surface area (TPSA) is 20.3 Å². The summed E-state index contributed by atoms with van der Waals surface area (Å²) in [5.74, 6) is 0.259. The number of nitrogens with zero attached hydrogens (tertiary/aromatic N) is 1.